The molecule has 0 fully saturated rings. The molecule has 116 valence electrons. The molecule has 2 rings (SSSR count). The van der Waals surface area contributed by atoms with E-state index in [1.165, 1.54) is 0 Å². The zero-order chi connectivity index (χ0) is 15.5. The molecule has 0 radical (unpaired) electrons. The third kappa shape index (κ3) is 3.38. The average molecular weight is 291 g/mol. The zero-order valence-electron chi connectivity index (χ0n) is 12.8. The van der Waals surface area contributed by atoms with Gasteiger partial charge in [0.2, 0.25) is 0 Å². The lowest BCUT2D eigenvalue weighted by Gasteiger charge is -2.35. The summed E-state index contributed by atoms with van der Waals surface area (Å²) in [6.45, 7) is 4.92. The number of carboxylic acids is 1. The van der Waals surface area contributed by atoms with Crippen molar-refractivity contribution in [3.63, 3.8) is 0 Å². The van der Waals surface area contributed by atoms with Crippen LogP contribution < -0.4 is 10.5 Å². The second kappa shape index (κ2) is 6.48. The van der Waals surface area contributed by atoms with Gasteiger partial charge >= 0.3 is 5.97 Å². The van der Waals surface area contributed by atoms with E-state index in [1.54, 1.807) is 0 Å². The first kappa shape index (κ1) is 15.8. The molecule has 3 N–H and O–H groups in total. The fourth-order valence-electron chi connectivity index (χ4n) is 3.39. The molecule has 0 saturated heterocycles. The minimum atomic E-state index is -0.844. The van der Waals surface area contributed by atoms with Gasteiger partial charge in [-0.1, -0.05) is 32.0 Å². The Morgan fingerprint density at radius 2 is 2.19 bits per heavy atom. The Morgan fingerprint density at radius 3 is 2.81 bits per heavy atom. The van der Waals surface area contributed by atoms with Crippen molar-refractivity contribution in [2.45, 2.75) is 39.0 Å². The summed E-state index contributed by atoms with van der Waals surface area (Å²) in [4.78, 5) is 11.9. The van der Waals surface area contributed by atoms with Crippen LogP contribution in [0.1, 0.15) is 44.6 Å². The number of rotatable bonds is 6. The molecule has 0 amide bonds. The van der Waals surface area contributed by atoms with Crippen molar-refractivity contribution in [3.8, 4) is 5.75 Å². The number of carboxylic acid groups (broad SMARTS) is 1. The van der Waals surface area contributed by atoms with Crippen molar-refractivity contribution in [3.05, 3.63) is 29.8 Å². The second-order valence-electron chi connectivity index (χ2n) is 6.46. The lowest BCUT2D eigenvalue weighted by atomic mass is 9.71. The van der Waals surface area contributed by atoms with E-state index >= 15 is 0 Å². The van der Waals surface area contributed by atoms with Gasteiger partial charge in [-0.3, -0.25) is 4.79 Å². The summed E-state index contributed by atoms with van der Waals surface area (Å²) in [5, 5.41) is 9.74. The van der Waals surface area contributed by atoms with Crippen molar-refractivity contribution in [2.75, 3.05) is 13.2 Å². The number of benzene rings is 1. The molecule has 0 spiro atoms. The van der Waals surface area contributed by atoms with Crippen LogP contribution in [0.4, 0.5) is 0 Å². The molecule has 0 saturated carbocycles. The van der Waals surface area contributed by atoms with Gasteiger partial charge in [-0.05, 0) is 42.7 Å². The Bertz CT molecular complexity index is 501. The van der Waals surface area contributed by atoms with E-state index in [1.807, 2.05) is 38.1 Å². The second-order valence-corrected chi connectivity index (χ2v) is 6.46. The quantitative estimate of drug-likeness (QED) is 0.845. The third-order valence-electron chi connectivity index (χ3n) is 4.36. The minimum absolute atomic E-state index is 0.181. The van der Waals surface area contributed by atoms with E-state index in [2.05, 4.69) is 0 Å². The monoisotopic (exact) mass is 291 g/mol. The van der Waals surface area contributed by atoms with Crippen molar-refractivity contribution >= 4 is 5.97 Å². The number of para-hydroxylation sites is 1. The standard InChI is InChI=1S/C17H25NO3/c1-12(2)9-17(11-18,16(19)20)10-13-7-8-21-15-6-4-3-5-14(13)15/h3-6,12-13H,7-11,18H2,1-2H3,(H,19,20). The van der Waals surface area contributed by atoms with E-state index in [9.17, 15) is 9.90 Å². The molecule has 0 aliphatic carbocycles. The van der Waals surface area contributed by atoms with Crippen LogP contribution in [0.2, 0.25) is 0 Å². The summed E-state index contributed by atoms with van der Waals surface area (Å²) in [5.41, 5.74) is 6.16. The van der Waals surface area contributed by atoms with Gasteiger partial charge in [0.05, 0.1) is 12.0 Å². The number of hydrogen-bond acceptors (Lipinski definition) is 3. The predicted molar refractivity (Wildman–Crippen MR) is 82.5 cm³/mol. The van der Waals surface area contributed by atoms with Gasteiger partial charge in [0.1, 0.15) is 5.75 Å². The maximum atomic E-state index is 11.9. The van der Waals surface area contributed by atoms with Gasteiger partial charge in [0, 0.05) is 6.54 Å². The highest BCUT2D eigenvalue weighted by atomic mass is 16.5. The molecule has 0 aromatic heterocycles. The first-order valence-electron chi connectivity index (χ1n) is 7.63. The SMILES string of the molecule is CC(C)CC(CN)(CC1CCOc2ccccc21)C(=O)O. The minimum Gasteiger partial charge on any atom is -0.493 e. The van der Waals surface area contributed by atoms with Gasteiger partial charge < -0.3 is 15.6 Å². The Morgan fingerprint density at radius 1 is 1.48 bits per heavy atom. The molecule has 2 atom stereocenters. The number of hydrogen-bond donors (Lipinski definition) is 2. The molecule has 2 unspecified atom stereocenters. The van der Waals surface area contributed by atoms with E-state index in [0.717, 1.165) is 17.7 Å². The van der Waals surface area contributed by atoms with Gasteiger partial charge in [-0.25, -0.2) is 0 Å². The number of carbonyl (C=O) groups is 1. The molecule has 1 aliphatic rings. The Hall–Kier alpha value is -1.55. The molecule has 1 aliphatic heterocycles. The van der Waals surface area contributed by atoms with Crippen molar-refractivity contribution in [1.29, 1.82) is 0 Å². The highest BCUT2D eigenvalue weighted by molar-refractivity contribution is 5.75. The summed E-state index contributed by atoms with van der Waals surface area (Å²) in [6.07, 6.45) is 2.04. The van der Waals surface area contributed by atoms with Gasteiger partial charge in [-0.15, -0.1) is 0 Å². The van der Waals surface area contributed by atoms with Crippen LogP contribution in [0, 0.1) is 11.3 Å². The summed E-state index contributed by atoms with van der Waals surface area (Å²) in [7, 11) is 0. The van der Waals surface area contributed by atoms with Crippen molar-refractivity contribution < 1.29 is 14.6 Å². The lowest BCUT2D eigenvalue weighted by molar-refractivity contribution is -0.150. The summed E-state index contributed by atoms with van der Waals surface area (Å²) in [6, 6.07) is 7.92. The average Bonchev–Trinajstić information content (AvgIpc) is 2.46. The number of aliphatic carboxylic acids is 1. The van der Waals surface area contributed by atoms with E-state index in [-0.39, 0.29) is 12.5 Å². The van der Waals surface area contributed by atoms with Crippen LogP contribution in [0.25, 0.3) is 0 Å². The molecular weight excluding hydrogens is 266 g/mol. The van der Waals surface area contributed by atoms with Crippen LogP contribution in [0.5, 0.6) is 5.75 Å². The molecular formula is C17H25NO3. The van der Waals surface area contributed by atoms with Crippen molar-refractivity contribution in [1.82, 2.24) is 0 Å². The summed E-state index contributed by atoms with van der Waals surface area (Å²) >= 11 is 0. The fourth-order valence-corrected chi connectivity index (χ4v) is 3.39. The van der Waals surface area contributed by atoms with Crippen LogP contribution >= 0.6 is 0 Å². The highest BCUT2D eigenvalue weighted by Gasteiger charge is 2.41. The highest BCUT2D eigenvalue weighted by Crippen LogP contribution is 2.43. The molecule has 0 bridgehead atoms. The number of ether oxygens (including phenoxy) is 1. The summed E-state index contributed by atoms with van der Waals surface area (Å²) in [5.74, 6) is 0.616. The predicted octanol–water partition coefficient (Wildman–Crippen LogP) is 3.02. The maximum absolute atomic E-state index is 11.9. The normalized spacial score (nSPS) is 20.5. The molecule has 21 heavy (non-hydrogen) atoms. The first-order chi connectivity index (χ1) is 9.98. The van der Waals surface area contributed by atoms with E-state index in [4.69, 9.17) is 10.5 Å². The van der Waals surface area contributed by atoms with E-state index < -0.39 is 11.4 Å². The third-order valence-corrected chi connectivity index (χ3v) is 4.36. The number of nitrogens with two attached hydrogens (primary N) is 1. The molecule has 1 aromatic rings. The maximum Gasteiger partial charge on any atom is 0.310 e. The Labute approximate surface area is 126 Å². The molecule has 1 aromatic carbocycles. The first-order valence-corrected chi connectivity index (χ1v) is 7.63. The Balaban J connectivity index is 2.27. The lowest BCUT2D eigenvalue weighted by Crippen LogP contribution is -2.41. The number of fused-ring (bicyclic) bond motifs is 1. The Kier molecular flexibility index (Phi) is 4.88. The van der Waals surface area contributed by atoms with Gasteiger partial charge in [0.25, 0.3) is 0 Å². The van der Waals surface area contributed by atoms with Crippen LogP contribution in [-0.4, -0.2) is 24.2 Å². The largest absolute Gasteiger partial charge is 0.493 e. The molecule has 4 nitrogen and oxygen atoms in total. The van der Waals surface area contributed by atoms with Crippen LogP contribution in [-0.2, 0) is 4.79 Å². The van der Waals surface area contributed by atoms with Crippen molar-refractivity contribution in [2.24, 2.45) is 17.1 Å². The zero-order valence-corrected chi connectivity index (χ0v) is 12.8. The molecule has 4 heteroatoms. The summed E-state index contributed by atoms with van der Waals surface area (Å²) < 4.78 is 5.66. The fraction of sp³-hybridized carbons (Fsp3) is 0.588. The van der Waals surface area contributed by atoms with E-state index in [0.29, 0.717) is 25.4 Å². The van der Waals surface area contributed by atoms with Crippen LogP contribution in [0.3, 0.4) is 0 Å². The topological polar surface area (TPSA) is 72.5 Å². The van der Waals surface area contributed by atoms with Crippen LogP contribution in [0.15, 0.2) is 24.3 Å². The van der Waals surface area contributed by atoms with Gasteiger partial charge in [0.15, 0.2) is 0 Å². The smallest absolute Gasteiger partial charge is 0.310 e. The molecule has 1 heterocycles. The van der Waals surface area contributed by atoms with Gasteiger partial charge in [-0.2, -0.15) is 0 Å².